The molecule has 0 saturated heterocycles. The molecule has 0 aliphatic heterocycles. The molecule has 1 saturated carbocycles. The molecule has 1 unspecified atom stereocenters. The Bertz CT molecular complexity index is 547. The summed E-state index contributed by atoms with van der Waals surface area (Å²) in [5, 5.41) is 11.0. The van der Waals surface area contributed by atoms with Crippen LogP contribution in [-0.4, -0.2) is 21.7 Å². The maximum absolute atomic E-state index is 9.80. The first-order chi connectivity index (χ1) is 8.20. The third-order valence-electron chi connectivity index (χ3n) is 2.83. The van der Waals surface area contributed by atoms with Gasteiger partial charge in [-0.15, -0.1) is 11.3 Å². The van der Waals surface area contributed by atoms with E-state index in [2.05, 4.69) is 25.9 Å². The smallest absolute Gasteiger partial charge is 0.197 e. The van der Waals surface area contributed by atoms with Crippen LogP contribution in [0.5, 0.6) is 0 Å². The Kier molecular flexibility index (Phi) is 2.98. The van der Waals surface area contributed by atoms with Gasteiger partial charge in [-0.05, 0) is 35.7 Å². The van der Waals surface area contributed by atoms with Crippen LogP contribution in [0.1, 0.15) is 42.7 Å². The molecule has 1 aliphatic carbocycles. The molecule has 0 radical (unpaired) electrons. The van der Waals surface area contributed by atoms with E-state index < -0.39 is 6.29 Å². The highest BCUT2D eigenvalue weighted by Crippen LogP contribution is 2.45. The number of aromatic amines is 1. The Balaban J connectivity index is 1.98. The number of fused-ring (bicyclic) bond motifs is 1. The summed E-state index contributed by atoms with van der Waals surface area (Å²) >= 11 is 5.15. The molecule has 4 nitrogen and oxygen atoms in total. The van der Waals surface area contributed by atoms with Gasteiger partial charge in [0.25, 0.3) is 0 Å². The molecule has 17 heavy (non-hydrogen) atoms. The van der Waals surface area contributed by atoms with Crippen LogP contribution in [0, 0.1) is 0 Å². The first-order valence-electron chi connectivity index (χ1n) is 5.68. The van der Waals surface area contributed by atoms with Gasteiger partial charge in [-0.2, -0.15) is 0 Å². The lowest BCUT2D eigenvalue weighted by molar-refractivity contribution is -0.101. The third kappa shape index (κ3) is 2.03. The molecule has 1 atom stereocenters. The molecule has 92 valence electrons. The van der Waals surface area contributed by atoms with E-state index >= 15 is 0 Å². The Morgan fingerprint density at radius 2 is 2.41 bits per heavy atom. The zero-order valence-corrected chi connectivity index (χ0v) is 11.8. The lowest BCUT2D eigenvalue weighted by Crippen LogP contribution is -2.03. The molecular weight excluding hydrogens is 304 g/mol. The van der Waals surface area contributed by atoms with E-state index in [0.29, 0.717) is 18.2 Å². The molecule has 2 aromatic heterocycles. The van der Waals surface area contributed by atoms with E-state index in [0.717, 1.165) is 14.8 Å². The van der Waals surface area contributed by atoms with E-state index in [9.17, 15) is 5.11 Å². The van der Waals surface area contributed by atoms with Crippen LogP contribution < -0.4 is 0 Å². The highest BCUT2D eigenvalue weighted by molar-refractivity contribution is 9.10. The minimum atomic E-state index is -0.917. The van der Waals surface area contributed by atoms with Crippen molar-refractivity contribution in [2.24, 2.45) is 0 Å². The van der Waals surface area contributed by atoms with Crippen molar-refractivity contribution in [1.82, 2.24) is 9.97 Å². The Morgan fingerprint density at radius 3 is 3.00 bits per heavy atom. The molecule has 2 N–H and O–H groups in total. The number of H-pyrrole nitrogens is 1. The van der Waals surface area contributed by atoms with Crippen molar-refractivity contribution >= 4 is 37.6 Å². The molecule has 2 heterocycles. The second kappa shape index (κ2) is 4.35. The zero-order valence-electron chi connectivity index (χ0n) is 9.36. The van der Waals surface area contributed by atoms with Crippen molar-refractivity contribution in [2.45, 2.75) is 32.0 Å². The van der Waals surface area contributed by atoms with Gasteiger partial charge < -0.3 is 14.8 Å². The number of nitrogens with one attached hydrogen (secondary N) is 1. The van der Waals surface area contributed by atoms with Crippen molar-refractivity contribution in [3.05, 3.63) is 15.2 Å². The predicted octanol–water partition coefficient (Wildman–Crippen LogP) is 3.29. The Hall–Kier alpha value is -0.430. The summed E-state index contributed by atoms with van der Waals surface area (Å²) in [5.41, 5.74) is 1.56. The van der Waals surface area contributed by atoms with Gasteiger partial charge in [-0.25, -0.2) is 4.98 Å². The number of nitrogens with zero attached hydrogens (tertiary/aromatic N) is 1. The van der Waals surface area contributed by atoms with E-state index in [1.54, 1.807) is 11.3 Å². The van der Waals surface area contributed by atoms with Gasteiger partial charge in [0.2, 0.25) is 0 Å². The van der Waals surface area contributed by atoms with Gasteiger partial charge in [0.05, 0.1) is 15.2 Å². The average Bonchev–Trinajstić information content (AvgIpc) is 2.99. The summed E-state index contributed by atoms with van der Waals surface area (Å²) in [7, 11) is 0. The molecule has 0 amide bonds. The van der Waals surface area contributed by atoms with E-state index in [-0.39, 0.29) is 0 Å². The van der Waals surface area contributed by atoms with Gasteiger partial charge in [-0.1, -0.05) is 0 Å². The number of halogens is 1. The van der Waals surface area contributed by atoms with Crippen molar-refractivity contribution in [1.29, 1.82) is 0 Å². The van der Waals surface area contributed by atoms with Crippen molar-refractivity contribution in [3.8, 4) is 0 Å². The molecule has 1 aliphatic rings. The summed E-state index contributed by atoms with van der Waals surface area (Å²) in [4.78, 5) is 8.80. The number of aliphatic hydroxyl groups excluding tert-OH is 1. The number of hydrogen-bond donors (Lipinski definition) is 2. The van der Waals surface area contributed by atoms with E-state index in [1.165, 1.54) is 17.8 Å². The fraction of sp³-hybridized carbons (Fsp3) is 0.545. The average molecular weight is 317 g/mol. The number of ether oxygens (including phenoxy) is 1. The lowest BCUT2D eigenvalue weighted by atomic mass is 10.4. The Labute approximate surface area is 111 Å². The van der Waals surface area contributed by atoms with Crippen molar-refractivity contribution in [3.63, 3.8) is 0 Å². The van der Waals surface area contributed by atoms with Gasteiger partial charge in [-0.3, -0.25) is 0 Å². The van der Waals surface area contributed by atoms with Crippen LogP contribution in [0.15, 0.2) is 4.47 Å². The summed E-state index contributed by atoms with van der Waals surface area (Å²) in [5.74, 6) is 0.660. The van der Waals surface area contributed by atoms with Gasteiger partial charge in [0.1, 0.15) is 10.3 Å². The highest BCUT2D eigenvalue weighted by Gasteiger charge is 2.29. The Morgan fingerprint density at radius 1 is 1.65 bits per heavy atom. The predicted molar refractivity (Wildman–Crippen MR) is 70.2 cm³/mol. The molecule has 0 aromatic carbocycles. The number of aromatic nitrogens is 2. The van der Waals surface area contributed by atoms with Crippen molar-refractivity contribution in [2.75, 3.05) is 6.61 Å². The first-order valence-corrected chi connectivity index (χ1v) is 7.29. The standard InChI is InChI=1S/C11H13BrN2O2S/c1-2-16-11(15)8-6(12)7-10(14-8)17-9(13-7)5-3-4-5/h5,11,14-15H,2-4H2,1H3. The fourth-order valence-electron chi connectivity index (χ4n) is 1.79. The summed E-state index contributed by atoms with van der Waals surface area (Å²) < 4.78 is 5.99. The lowest BCUT2D eigenvalue weighted by Gasteiger charge is -2.08. The number of aliphatic hydroxyl groups is 1. The van der Waals surface area contributed by atoms with E-state index in [4.69, 9.17) is 4.74 Å². The number of rotatable bonds is 4. The van der Waals surface area contributed by atoms with Gasteiger partial charge in [0, 0.05) is 12.5 Å². The van der Waals surface area contributed by atoms with Crippen LogP contribution >= 0.6 is 27.3 Å². The van der Waals surface area contributed by atoms with E-state index in [1.807, 2.05) is 6.92 Å². The van der Waals surface area contributed by atoms with Crippen LogP contribution in [0.4, 0.5) is 0 Å². The molecule has 6 heteroatoms. The second-order valence-electron chi connectivity index (χ2n) is 4.16. The number of hydrogen-bond acceptors (Lipinski definition) is 4. The van der Waals surface area contributed by atoms with Crippen LogP contribution in [-0.2, 0) is 4.74 Å². The monoisotopic (exact) mass is 316 g/mol. The first kappa shape index (κ1) is 11.6. The van der Waals surface area contributed by atoms with Gasteiger partial charge >= 0.3 is 0 Å². The van der Waals surface area contributed by atoms with Crippen LogP contribution in [0.25, 0.3) is 10.3 Å². The maximum atomic E-state index is 9.80. The zero-order chi connectivity index (χ0) is 12.0. The topological polar surface area (TPSA) is 58.1 Å². The van der Waals surface area contributed by atoms with Crippen LogP contribution in [0.2, 0.25) is 0 Å². The number of thiazole rings is 1. The van der Waals surface area contributed by atoms with Crippen LogP contribution in [0.3, 0.4) is 0 Å². The van der Waals surface area contributed by atoms with Gasteiger partial charge in [0.15, 0.2) is 6.29 Å². The largest absolute Gasteiger partial charge is 0.363 e. The second-order valence-corrected chi connectivity index (χ2v) is 5.99. The minimum absolute atomic E-state index is 0.473. The third-order valence-corrected chi connectivity index (χ3v) is 4.77. The molecule has 0 spiro atoms. The highest BCUT2D eigenvalue weighted by atomic mass is 79.9. The minimum Gasteiger partial charge on any atom is -0.363 e. The summed E-state index contributed by atoms with van der Waals surface area (Å²) in [6.45, 7) is 2.33. The molecule has 1 fully saturated rings. The molecular formula is C11H13BrN2O2S. The maximum Gasteiger partial charge on any atom is 0.197 e. The molecule has 3 rings (SSSR count). The summed E-state index contributed by atoms with van der Waals surface area (Å²) in [6.07, 6.45) is 1.59. The SMILES string of the molecule is CCOC(O)c1[nH]c2sc(C3CC3)nc2c1Br. The fourth-order valence-corrected chi connectivity index (χ4v) is 3.66. The quantitative estimate of drug-likeness (QED) is 0.851. The molecule has 2 aromatic rings. The normalized spacial score (nSPS) is 17.8. The summed E-state index contributed by atoms with van der Waals surface area (Å²) in [6, 6.07) is 0. The van der Waals surface area contributed by atoms with Crippen molar-refractivity contribution < 1.29 is 9.84 Å². The molecule has 0 bridgehead atoms.